The van der Waals surface area contributed by atoms with Crippen molar-refractivity contribution in [3.63, 3.8) is 0 Å². The number of aliphatic hydroxyl groups is 1. The van der Waals surface area contributed by atoms with Gasteiger partial charge < -0.3 is 15.0 Å². The number of nitrogens with zero attached hydrogens (tertiary/aromatic N) is 2. The second-order valence-electron chi connectivity index (χ2n) is 6.13. The zero-order chi connectivity index (χ0) is 13.9. The van der Waals surface area contributed by atoms with Gasteiger partial charge in [-0.1, -0.05) is 12.8 Å². The quantitative estimate of drug-likeness (QED) is 0.866. The molecule has 20 heavy (non-hydrogen) atoms. The zero-order valence-corrected chi connectivity index (χ0v) is 11.8. The van der Waals surface area contributed by atoms with E-state index >= 15 is 0 Å². The monoisotopic (exact) mass is 277 g/mol. The molecule has 1 amide bonds. The lowest BCUT2D eigenvalue weighted by Gasteiger charge is -2.24. The number of imidazole rings is 1. The second kappa shape index (κ2) is 5.95. The molecule has 2 atom stereocenters. The third kappa shape index (κ3) is 2.87. The molecule has 2 aliphatic rings. The van der Waals surface area contributed by atoms with Gasteiger partial charge in [0.25, 0.3) is 0 Å². The first kappa shape index (κ1) is 13.6. The van der Waals surface area contributed by atoms with Crippen molar-refractivity contribution in [1.82, 2.24) is 14.9 Å². The van der Waals surface area contributed by atoms with E-state index in [-0.39, 0.29) is 17.9 Å². The Labute approximate surface area is 119 Å². The van der Waals surface area contributed by atoms with Gasteiger partial charge in [0.05, 0.1) is 12.4 Å². The van der Waals surface area contributed by atoms with Crippen molar-refractivity contribution in [2.24, 2.45) is 11.8 Å². The average molecular weight is 277 g/mol. The molecule has 3 rings (SSSR count). The van der Waals surface area contributed by atoms with E-state index in [2.05, 4.69) is 14.9 Å². The van der Waals surface area contributed by atoms with Crippen LogP contribution in [0.3, 0.4) is 0 Å². The summed E-state index contributed by atoms with van der Waals surface area (Å²) in [4.78, 5) is 16.3. The molecule has 1 aliphatic heterocycles. The first-order valence-electron chi connectivity index (χ1n) is 7.69. The number of nitrogens with one attached hydrogen (secondary N) is 1. The van der Waals surface area contributed by atoms with Crippen molar-refractivity contribution in [3.05, 3.63) is 18.2 Å². The van der Waals surface area contributed by atoms with Crippen LogP contribution in [-0.2, 0) is 17.8 Å². The van der Waals surface area contributed by atoms with Crippen LogP contribution in [0.5, 0.6) is 0 Å². The lowest BCUT2D eigenvalue weighted by Crippen LogP contribution is -2.40. The Morgan fingerprint density at radius 3 is 3.05 bits per heavy atom. The molecule has 2 N–H and O–H groups in total. The van der Waals surface area contributed by atoms with Gasteiger partial charge >= 0.3 is 0 Å². The molecule has 0 saturated heterocycles. The molecule has 0 bridgehead atoms. The number of aromatic nitrogens is 2. The Bertz CT molecular complexity index is 465. The van der Waals surface area contributed by atoms with E-state index in [1.165, 1.54) is 12.8 Å². The van der Waals surface area contributed by atoms with Crippen LogP contribution in [0.4, 0.5) is 0 Å². The summed E-state index contributed by atoms with van der Waals surface area (Å²) in [5.74, 6) is 0.479. The standard InChI is InChI=1S/C15H23N3O2/c19-14(11-3-1-2-4-11)9-17-15(20)12-5-6-18-10-16-8-13(18)7-12/h8,10-12,14,19H,1-7,9H2,(H,17,20). The van der Waals surface area contributed by atoms with Gasteiger partial charge in [-0.15, -0.1) is 0 Å². The summed E-state index contributed by atoms with van der Waals surface area (Å²) in [7, 11) is 0. The fourth-order valence-electron chi connectivity index (χ4n) is 3.45. The molecule has 1 aromatic heterocycles. The van der Waals surface area contributed by atoms with Gasteiger partial charge in [-0.3, -0.25) is 4.79 Å². The number of aliphatic hydroxyl groups excluding tert-OH is 1. The smallest absolute Gasteiger partial charge is 0.223 e. The van der Waals surface area contributed by atoms with E-state index in [4.69, 9.17) is 0 Å². The lowest BCUT2D eigenvalue weighted by molar-refractivity contribution is -0.126. The molecular formula is C15H23N3O2. The van der Waals surface area contributed by atoms with Crippen molar-refractivity contribution in [2.45, 2.75) is 51.2 Å². The van der Waals surface area contributed by atoms with Gasteiger partial charge in [0, 0.05) is 37.3 Å². The predicted octanol–water partition coefficient (Wildman–Crippen LogP) is 1.11. The maximum absolute atomic E-state index is 12.2. The van der Waals surface area contributed by atoms with Gasteiger partial charge in [-0.2, -0.15) is 0 Å². The fourth-order valence-corrected chi connectivity index (χ4v) is 3.45. The number of carbonyl (C=O) groups excluding carboxylic acids is 1. The summed E-state index contributed by atoms with van der Waals surface area (Å²) in [5.41, 5.74) is 1.13. The molecule has 1 aliphatic carbocycles. The van der Waals surface area contributed by atoms with Crippen molar-refractivity contribution >= 4 is 5.91 Å². The van der Waals surface area contributed by atoms with Crippen LogP contribution in [0, 0.1) is 11.8 Å². The summed E-state index contributed by atoms with van der Waals surface area (Å²) in [6.07, 6.45) is 9.51. The predicted molar refractivity (Wildman–Crippen MR) is 75.0 cm³/mol. The van der Waals surface area contributed by atoms with E-state index < -0.39 is 0 Å². The SMILES string of the molecule is O=C(NCC(O)C1CCCC1)C1CCn2cncc2C1. The summed E-state index contributed by atoms with van der Waals surface area (Å²) < 4.78 is 2.11. The van der Waals surface area contributed by atoms with Crippen LogP contribution in [0.1, 0.15) is 37.8 Å². The summed E-state index contributed by atoms with van der Waals surface area (Å²) in [5, 5.41) is 13.0. The van der Waals surface area contributed by atoms with Gasteiger partial charge in [0.1, 0.15) is 0 Å². The minimum Gasteiger partial charge on any atom is -0.391 e. The summed E-state index contributed by atoms with van der Waals surface area (Å²) in [6.45, 7) is 1.26. The maximum atomic E-state index is 12.2. The van der Waals surface area contributed by atoms with Gasteiger partial charge in [-0.05, 0) is 25.2 Å². The van der Waals surface area contributed by atoms with E-state index in [0.29, 0.717) is 12.5 Å². The number of fused-ring (bicyclic) bond motifs is 1. The van der Waals surface area contributed by atoms with Crippen LogP contribution in [-0.4, -0.2) is 33.2 Å². The first-order chi connectivity index (χ1) is 9.74. The van der Waals surface area contributed by atoms with Crippen molar-refractivity contribution in [1.29, 1.82) is 0 Å². The molecule has 0 aromatic carbocycles. The Hall–Kier alpha value is -1.36. The molecule has 1 saturated carbocycles. The highest BCUT2D eigenvalue weighted by molar-refractivity contribution is 5.79. The second-order valence-corrected chi connectivity index (χ2v) is 6.13. The third-order valence-electron chi connectivity index (χ3n) is 4.77. The summed E-state index contributed by atoms with van der Waals surface area (Å²) in [6, 6.07) is 0. The van der Waals surface area contributed by atoms with Crippen LogP contribution in [0.2, 0.25) is 0 Å². The molecule has 110 valence electrons. The zero-order valence-electron chi connectivity index (χ0n) is 11.8. The highest BCUT2D eigenvalue weighted by Gasteiger charge is 2.27. The lowest BCUT2D eigenvalue weighted by atomic mass is 9.95. The largest absolute Gasteiger partial charge is 0.391 e. The number of hydrogen-bond donors (Lipinski definition) is 2. The van der Waals surface area contributed by atoms with Crippen LogP contribution >= 0.6 is 0 Å². The topological polar surface area (TPSA) is 67.2 Å². The van der Waals surface area contributed by atoms with Crippen molar-refractivity contribution in [3.8, 4) is 0 Å². The third-order valence-corrected chi connectivity index (χ3v) is 4.77. The first-order valence-corrected chi connectivity index (χ1v) is 7.69. The number of amides is 1. The Balaban J connectivity index is 1.47. The fraction of sp³-hybridized carbons (Fsp3) is 0.733. The van der Waals surface area contributed by atoms with Crippen molar-refractivity contribution < 1.29 is 9.90 Å². The van der Waals surface area contributed by atoms with Crippen LogP contribution < -0.4 is 5.32 Å². The molecule has 0 spiro atoms. The molecular weight excluding hydrogens is 254 g/mol. The van der Waals surface area contributed by atoms with Crippen LogP contribution in [0.15, 0.2) is 12.5 Å². The Kier molecular flexibility index (Phi) is 4.05. The molecule has 5 nitrogen and oxygen atoms in total. The van der Waals surface area contributed by atoms with E-state index in [1.54, 1.807) is 0 Å². The minimum absolute atomic E-state index is 0.0231. The Morgan fingerprint density at radius 2 is 2.25 bits per heavy atom. The molecule has 2 unspecified atom stereocenters. The van der Waals surface area contributed by atoms with E-state index in [9.17, 15) is 9.90 Å². The number of hydrogen-bond acceptors (Lipinski definition) is 3. The van der Waals surface area contributed by atoms with Gasteiger partial charge in [0.15, 0.2) is 0 Å². The minimum atomic E-state index is -0.379. The molecule has 0 radical (unpaired) electrons. The molecule has 1 fully saturated rings. The highest BCUT2D eigenvalue weighted by atomic mass is 16.3. The maximum Gasteiger partial charge on any atom is 0.223 e. The van der Waals surface area contributed by atoms with E-state index in [0.717, 1.165) is 37.9 Å². The summed E-state index contributed by atoms with van der Waals surface area (Å²) >= 11 is 0. The molecule has 5 heteroatoms. The average Bonchev–Trinajstić information content (AvgIpc) is 3.13. The number of rotatable bonds is 4. The molecule has 2 heterocycles. The van der Waals surface area contributed by atoms with Gasteiger partial charge in [-0.25, -0.2) is 4.98 Å². The van der Waals surface area contributed by atoms with Crippen LogP contribution in [0.25, 0.3) is 0 Å². The van der Waals surface area contributed by atoms with Gasteiger partial charge in [0.2, 0.25) is 5.91 Å². The normalized spacial score (nSPS) is 24.4. The van der Waals surface area contributed by atoms with Crippen molar-refractivity contribution in [2.75, 3.05) is 6.54 Å². The number of carbonyl (C=O) groups is 1. The van der Waals surface area contributed by atoms with E-state index in [1.807, 2.05) is 12.5 Å². The highest BCUT2D eigenvalue weighted by Crippen LogP contribution is 2.27. The molecule has 1 aromatic rings. The number of aryl methyl sites for hydroxylation is 1. The Morgan fingerprint density at radius 1 is 1.45 bits per heavy atom.